The van der Waals surface area contributed by atoms with Crippen LogP contribution in [0, 0.1) is 11.8 Å². The van der Waals surface area contributed by atoms with Gasteiger partial charge in [-0.2, -0.15) is 4.98 Å². The van der Waals surface area contributed by atoms with Crippen LogP contribution in [0.25, 0.3) is 11.2 Å². The van der Waals surface area contributed by atoms with E-state index in [0.29, 0.717) is 48.6 Å². The molecular formula is C23H31N5O3. The van der Waals surface area contributed by atoms with Crippen molar-refractivity contribution >= 4 is 22.8 Å². The third-order valence-corrected chi connectivity index (χ3v) is 5.83. The molecule has 31 heavy (non-hydrogen) atoms. The highest BCUT2D eigenvalue weighted by molar-refractivity contribution is 5.77. The monoisotopic (exact) mass is 425 g/mol. The van der Waals surface area contributed by atoms with Crippen molar-refractivity contribution in [1.82, 2.24) is 18.7 Å². The van der Waals surface area contributed by atoms with Crippen LogP contribution in [0.1, 0.15) is 34.1 Å². The number of aryl methyl sites for hydroxylation is 1. The smallest absolute Gasteiger partial charge is 0.332 e. The van der Waals surface area contributed by atoms with Gasteiger partial charge in [-0.1, -0.05) is 20.8 Å². The molecule has 1 atom stereocenters. The molecule has 0 aliphatic carbocycles. The van der Waals surface area contributed by atoms with Crippen molar-refractivity contribution in [3.63, 3.8) is 0 Å². The summed E-state index contributed by atoms with van der Waals surface area (Å²) in [6.45, 7) is 10.8. The van der Waals surface area contributed by atoms with Crippen LogP contribution in [0.5, 0.6) is 5.75 Å². The van der Waals surface area contributed by atoms with E-state index < -0.39 is 0 Å². The zero-order valence-electron chi connectivity index (χ0n) is 19.0. The molecule has 8 heteroatoms. The largest absolute Gasteiger partial charge is 0.494 e. The first kappa shape index (κ1) is 21.2. The molecule has 1 aliphatic rings. The summed E-state index contributed by atoms with van der Waals surface area (Å²) in [6, 6.07) is 7.90. The van der Waals surface area contributed by atoms with Crippen LogP contribution in [0.15, 0.2) is 33.9 Å². The Balaban J connectivity index is 1.87. The number of imidazole rings is 1. The average Bonchev–Trinajstić information content (AvgIpc) is 3.12. The van der Waals surface area contributed by atoms with Gasteiger partial charge in [0.25, 0.3) is 5.56 Å². The Morgan fingerprint density at radius 1 is 1.16 bits per heavy atom. The van der Waals surface area contributed by atoms with Gasteiger partial charge in [-0.05, 0) is 49.4 Å². The molecule has 1 aliphatic heterocycles. The third-order valence-electron chi connectivity index (χ3n) is 5.83. The van der Waals surface area contributed by atoms with Crippen molar-refractivity contribution in [2.24, 2.45) is 18.9 Å². The standard InChI is InChI=1S/C23H31N5O3/c1-6-31-18-9-7-17(8-10-18)27-13-16(4)14-28-19-20(24-22(27)28)25(5)23(30)26(21(19)29)12-11-15(2)3/h7-10,15-16H,6,11-14H2,1-5H3. The third kappa shape index (κ3) is 3.75. The van der Waals surface area contributed by atoms with Crippen molar-refractivity contribution < 1.29 is 4.74 Å². The van der Waals surface area contributed by atoms with E-state index >= 15 is 0 Å². The molecule has 0 amide bonds. The van der Waals surface area contributed by atoms with Crippen molar-refractivity contribution in [3.05, 3.63) is 45.1 Å². The number of fused-ring (bicyclic) bond motifs is 3. The molecule has 0 fully saturated rings. The lowest BCUT2D eigenvalue weighted by Crippen LogP contribution is -2.40. The van der Waals surface area contributed by atoms with E-state index in [9.17, 15) is 9.59 Å². The fourth-order valence-corrected chi connectivity index (χ4v) is 4.20. The number of anilines is 2. The molecule has 0 radical (unpaired) electrons. The minimum Gasteiger partial charge on any atom is -0.494 e. The highest BCUT2D eigenvalue weighted by atomic mass is 16.5. The van der Waals surface area contributed by atoms with Gasteiger partial charge in [0.05, 0.1) is 6.61 Å². The normalized spacial score (nSPS) is 16.2. The van der Waals surface area contributed by atoms with Crippen LogP contribution >= 0.6 is 0 Å². The van der Waals surface area contributed by atoms with E-state index in [1.54, 1.807) is 7.05 Å². The predicted molar refractivity (Wildman–Crippen MR) is 122 cm³/mol. The lowest BCUT2D eigenvalue weighted by atomic mass is 10.1. The van der Waals surface area contributed by atoms with Crippen molar-refractivity contribution in [2.75, 3.05) is 18.1 Å². The molecule has 0 N–H and O–H groups in total. The highest BCUT2D eigenvalue weighted by Gasteiger charge is 2.29. The van der Waals surface area contributed by atoms with E-state index in [0.717, 1.165) is 24.4 Å². The Labute approximate surface area is 181 Å². The number of hydrogen-bond donors (Lipinski definition) is 0. The fraction of sp³-hybridized carbons (Fsp3) is 0.522. The second-order valence-electron chi connectivity index (χ2n) is 8.82. The van der Waals surface area contributed by atoms with Gasteiger partial charge in [-0.3, -0.25) is 13.9 Å². The van der Waals surface area contributed by atoms with Crippen LogP contribution in [-0.2, 0) is 20.1 Å². The maximum Gasteiger partial charge on any atom is 0.332 e. The number of benzene rings is 1. The Morgan fingerprint density at radius 2 is 1.87 bits per heavy atom. The molecular weight excluding hydrogens is 394 g/mol. The van der Waals surface area contributed by atoms with Crippen molar-refractivity contribution in [3.8, 4) is 5.75 Å². The van der Waals surface area contributed by atoms with Crippen molar-refractivity contribution in [1.29, 1.82) is 0 Å². The number of nitrogens with zero attached hydrogens (tertiary/aromatic N) is 5. The van der Waals surface area contributed by atoms with Gasteiger partial charge < -0.3 is 14.2 Å². The van der Waals surface area contributed by atoms with Crippen LogP contribution in [0.2, 0.25) is 0 Å². The first-order valence-electron chi connectivity index (χ1n) is 11.0. The summed E-state index contributed by atoms with van der Waals surface area (Å²) in [5.74, 6) is 2.24. The zero-order chi connectivity index (χ0) is 22.3. The van der Waals surface area contributed by atoms with E-state index in [4.69, 9.17) is 9.72 Å². The summed E-state index contributed by atoms with van der Waals surface area (Å²) in [6.07, 6.45) is 0.774. The summed E-state index contributed by atoms with van der Waals surface area (Å²) in [4.78, 5) is 33.1. The first-order valence-corrected chi connectivity index (χ1v) is 11.0. The Morgan fingerprint density at radius 3 is 2.52 bits per heavy atom. The van der Waals surface area contributed by atoms with E-state index in [2.05, 4.69) is 25.7 Å². The Bertz CT molecular complexity index is 1200. The lowest BCUT2D eigenvalue weighted by molar-refractivity contribution is 0.340. The van der Waals surface area contributed by atoms with Crippen LogP contribution in [0.3, 0.4) is 0 Å². The van der Waals surface area contributed by atoms with Gasteiger partial charge in [0.2, 0.25) is 5.95 Å². The first-order chi connectivity index (χ1) is 14.8. The SMILES string of the molecule is CCOc1ccc(N2CC(C)Cn3c2nc2c3c(=O)n(CCC(C)C)c(=O)n2C)cc1. The molecule has 0 saturated carbocycles. The zero-order valence-corrected chi connectivity index (χ0v) is 19.0. The van der Waals surface area contributed by atoms with Gasteiger partial charge in [0.1, 0.15) is 5.75 Å². The van der Waals surface area contributed by atoms with Crippen LogP contribution < -0.4 is 20.9 Å². The molecule has 8 nitrogen and oxygen atoms in total. The highest BCUT2D eigenvalue weighted by Crippen LogP contribution is 2.33. The van der Waals surface area contributed by atoms with Crippen molar-refractivity contribution in [2.45, 2.75) is 47.2 Å². The summed E-state index contributed by atoms with van der Waals surface area (Å²) >= 11 is 0. The molecule has 1 aromatic carbocycles. The molecule has 3 heterocycles. The fourth-order valence-electron chi connectivity index (χ4n) is 4.20. The molecule has 0 bridgehead atoms. The molecule has 2 aromatic heterocycles. The summed E-state index contributed by atoms with van der Waals surface area (Å²) in [7, 11) is 1.69. The van der Waals surface area contributed by atoms with E-state index in [1.807, 2.05) is 35.8 Å². The quantitative estimate of drug-likeness (QED) is 0.607. The maximum atomic E-state index is 13.4. The van der Waals surface area contributed by atoms with Gasteiger partial charge in [0, 0.05) is 32.4 Å². The molecule has 3 aromatic rings. The van der Waals surface area contributed by atoms with E-state index in [1.165, 1.54) is 9.13 Å². The number of aromatic nitrogens is 4. The van der Waals surface area contributed by atoms with Gasteiger partial charge in [0.15, 0.2) is 11.2 Å². The van der Waals surface area contributed by atoms with Gasteiger partial charge in [-0.25, -0.2) is 4.79 Å². The topological polar surface area (TPSA) is 74.3 Å². The predicted octanol–water partition coefficient (Wildman–Crippen LogP) is 3.13. The number of ether oxygens (including phenoxy) is 1. The summed E-state index contributed by atoms with van der Waals surface area (Å²) in [5.41, 5.74) is 1.36. The number of hydrogen-bond acceptors (Lipinski definition) is 5. The van der Waals surface area contributed by atoms with Crippen LogP contribution in [-0.4, -0.2) is 31.8 Å². The minimum absolute atomic E-state index is 0.252. The second kappa shape index (κ2) is 8.24. The molecule has 0 spiro atoms. The summed E-state index contributed by atoms with van der Waals surface area (Å²) in [5, 5.41) is 0. The Kier molecular flexibility index (Phi) is 5.64. The summed E-state index contributed by atoms with van der Waals surface area (Å²) < 4.78 is 10.4. The molecule has 166 valence electrons. The minimum atomic E-state index is -0.311. The van der Waals surface area contributed by atoms with Crippen LogP contribution in [0.4, 0.5) is 11.6 Å². The molecule has 0 saturated heterocycles. The average molecular weight is 426 g/mol. The Hall–Kier alpha value is -3.03. The number of rotatable bonds is 6. The maximum absolute atomic E-state index is 13.4. The molecule has 4 rings (SSSR count). The second-order valence-corrected chi connectivity index (χ2v) is 8.82. The molecule has 1 unspecified atom stereocenters. The van der Waals surface area contributed by atoms with E-state index in [-0.39, 0.29) is 11.2 Å². The van der Waals surface area contributed by atoms with Gasteiger partial charge >= 0.3 is 5.69 Å². The van der Waals surface area contributed by atoms with Gasteiger partial charge in [-0.15, -0.1) is 0 Å². The lowest BCUT2D eigenvalue weighted by Gasteiger charge is -2.33.